The molecule has 0 fully saturated rings. The quantitative estimate of drug-likeness (QED) is 0.823. The molecule has 0 heterocycles. The first kappa shape index (κ1) is 12.0. The summed E-state index contributed by atoms with van der Waals surface area (Å²) in [6.45, 7) is 3.54. The van der Waals surface area contributed by atoms with Crippen LogP contribution in [0.1, 0.15) is 19.4 Å². The molecule has 1 aromatic carbocycles. The lowest BCUT2D eigenvalue weighted by Crippen LogP contribution is -2.22. The van der Waals surface area contributed by atoms with Gasteiger partial charge in [-0.3, -0.25) is 0 Å². The summed E-state index contributed by atoms with van der Waals surface area (Å²) in [6, 6.07) is 3.31. The van der Waals surface area contributed by atoms with Gasteiger partial charge in [0.05, 0.1) is 16.1 Å². The lowest BCUT2D eigenvalue weighted by Gasteiger charge is -2.23. The van der Waals surface area contributed by atoms with E-state index in [4.69, 9.17) is 16.7 Å². The minimum absolute atomic E-state index is 0.0680. The number of hydrogen-bond acceptors (Lipinski definition) is 1. The maximum Gasteiger partial charge on any atom is 0.156 e. The van der Waals surface area contributed by atoms with Gasteiger partial charge in [-0.25, -0.2) is 4.39 Å². The van der Waals surface area contributed by atoms with Crippen LogP contribution < -0.4 is 0 Å². The maximum atomic E-state index is 13.4. The molecule has 4 heteroatoms. The van der Waals surface area contributed by atoms with E-state index >= 15 is 0 Å². The van der Waals surface area contributed by atoms with Crippen molar-refractivity contribution in [2.24, 2.45) is 0 Å². The van der Waals surface area contributed by atoms with E-state index in [0.29, 0.717) is 10.0 Å². The Morgan fingerprint density at radius 2 is 2.07 bits per heavy atom. The Morgan fingerprint density at radius 3 is 2.57 bits per heavy atom. The van der Waals surface area contributed by atoms with Crippen molar-refractivity contribution in [2.75, 3.05) is 6.61 Å². The van der Waals surface area contributed by atoms with Gasteiger partial charge >= 0.3 is 0 Å². The summed E-state index contributed by atoms with van der Waals surface area (Å²) >= 11 is 8.89. The zero-order chi connectivity index (χ0) is 10.9. The van der Waals surface area contributed by atoms with Gasteiger partial charge in [0.25, 0.3) is 0 Å². The molecule has 1 rings (SSSR count). The van der Waals surface area contributed by atoms with Crippen molar-refractivity contribution in [1.82, 2.24) is 0 Å². The molecular formula is C10H11BrClFO. The Hall–Kier alpha value is -0.120. The van der Waals surface area contributed by atoms with E-state index in [2.05, 4.69) is 15.9 Å². The van der Waals surface area contributed by atoms with E-state index < -0.39 is 11.2 Å². The molecule has 1 aromatic rings. The fourth-order valence-electron chi connectivity index (χ4n) is 1.13. The lowest BCUT2D eigenvalue weighted by atomic mass is 9.85. The van der Waals surface area contributed by atoms with Crippen LogP contribution in [0.5, 0.6) is 0 Å². The van der Waals surface area contributed by atoms with E-state index in [0.717, 1.165) is 0 Å². The fraction of sp³-hybridized carbons (Fsp3) is 0.400. The summed E-state index contributed by atoms with van der Waals surface area (Å²) in [6.07, 6.45) is 0. The predicted molar refractivity (Wildman–Crippen MR) is 59.2 cm³/mol. The molecule has 0 spiro atoms. The maximum absolute atomic E-state index is 13.4. The predicted octanol–water partition coefficient (Wildman–Crippen LogP) is 3.51. The summed E-state index contributed by atoms with van der Waals surface area (Å²) in [4.78, 5) is 0. The molecule has 0 unspecified atom stereocenters. The molecule has 0 aliphatic heterocycles. The number of aliphatic hydroxyl groups excluding tert-OH is 1. The molecule has 0 aliphatic carbocycles. The van der Waals surface area contributed by atoms with Gasteiger partial charge < -0.3 is 5.11 Å². The number of hydrogen-bond donors (Lipinski definition) is 1. The van der Waals surface area contributed by atoms with Crippen LogP contribution in [0, 0.1) is 5.82 Å². The Bertz CT molecular complexity index is 352. The minimum Gasteiger partial charge on any atom is -0.395 e. The molecule has 0 atom stereocenters. The second-order valence-electron chi connectivity index (χ2n) is 3.76. The molecule has 0 aliphatic rings. The molecule has 78 valence electrons. The highest BCUT2D eigenvalue weighted by molar-refractivity contribution is 9.10. The van der Waals surface area contributed by atoms with Crippen molar-refractivity contribution in [3.63, 3.8) is 0 Å². The van der Waals surface area contributed by atoms with Crippen LogP contribution >= 0.6 is 27.5 Å². The topological polar surface area (TPSA) is 20.2 Å². The second-order valence-corrected chi connectivity index (χ2v) is 5.00. The van der Waals surface area contributed by atoms with Crippen LogP contribution in [0.2, 0.25) is 5.02 Å². The number of halogens is 3. The van der Waals surface area contributed by atoms with Crippen LogP contribution in [0.3, 0.4) is 0 Å². The fourth-order valence-corrected chi connectivity index (χ4v) is 2.00. The molecule has 0 aromatic heterocycles. The van der Waals surface area contributed by atoms with Gasteiger partial charge in [-0.2, -0.15) is 0 Å². The SMILES string of the molecule is CC(C)(CO)c1ccc(Br)c(F)c1Cl. The number of aliphatic hydroxyl groups is 1. The van der Waals surface area contributed by atoms with Gasteiger partial charge in [-0.15, -0.1) is 0 Å². The third kappa shape index (κ3) is 2.10. The van der Waals surface area contributed by atoms with E-state index in [-0.39, 0.29) is 11.6 Å². The highest BCUT2D eigenvalue weighted by Gasteiger charge is 2.24. The van der Waals surface area contributed by atoms with Crippen LogP contribution in [-0.4, -0.2) is 11.7 Å². The average Bonchev–Trinajstić information content (AvgIpc) is 2.14. The Balaban J connectivity index is 3.31. The molecule has 0 saturated heterocycles. The van der Waals surface area contributed by atoms with E-state index in [1.165, 1.54) is 0 Å². The van der Waals surface area contributed by atoms with Gasteiger partial charge in [0.1, 0.15) is 0 Å². The third-order valence-corrected chi connectivity index (χ3v) is 3.14. The van der Waals surface area contributed by atoms with Crippen LogP contribution in [-0.2, 0) is 5.41 Å². The summed E-state index contributed by atoms with van der Waals surface area (Å²) in [5.41, 5.74) is 0.0842. The smallest absolute Gasteiger partial charge is 0.156 e. The molecule has 1 N–H and O–H groups in total. The molecular weight excluding hydrogens is 270 g/mol. The Morgan fingerprint density at radius 1 is 1.50 bits per heavy atom. The van der Waals surface area contributed by atoms with E-state index in [9.17, 15) is 4.39 Å². The van der Waals surface area contributed by atoms with Crippen molar-refractivity contribution >= 4 is 27.5 Å². The second kappa shape index (κ2) is 4.17. The monoisotopic (exact) mass is 280 g/mol. The molecule has 0 radical (unpaired) electrons. The van der Waals surface area contributed by atoms with Gasteiger partial charge in [-0.1, -0.05) is 31.5 Å². The van der Waals surface area contributed by atoms with Gasteiger partial charge in [0.15, 0.2) is 5.82 Å². The van der Waals surface area contributed by atoms with Gasteiger partial charge in [0.2, 0.25) is 0 Å². The Labute approximate surface area is 96.0 Å². The highest BCUT2D eigenvalue weighted by atomic mass is 79.9. The van der Waals surface area contributed by atoms with E-state index in [1.807, 2.05) is 13.8 Å². The third-order valence-electron chi connectivity index (χ3n) is 2.16. The van der Waals surface area contributed by atoms with Crippen molar-refractivity contribution in [2.45, 2.75) is 19.3 Å². The number of benzene rings is 1. The van der Waals surface area contributed by atoms with Crippen LogP contribution in [0.15, 0.2) is 16.6 Å². The first-order valence-electron chi connectivity index (χ1n) is 4.15. The lowest BCUT2D eigenvalue weighted by molar-refractivity contribution is 0.218. The van der Waals surface area contributed by atoms with E-state index in [1.54, 1.807) is 12.1 Å². The zero-order valence-corrected chi connectivity index (χ0v) is 10.3. The highest BCUT2D eigenvalue weighted by Crippen LogP contribution is 2.34. The first-order valence-corrected chi connectivity index (χ1v) is 5.32. The molecule has 0 amide bonds. The number of rotatable bonds is 2. The molecule has 0 saturated carbocycles. The molecule has 0 bridgehead atoms. The molecule has 14 heavy (non-hydrogen) atoms. The Kier molecular flexibility index (Phi) is 3.56. The van der Waals surface area contributed by atoms with Crippen molar-refractivity contribution in [3.05, 3.63) is 33.0 Å². The largest absolute Gasteiger partial charge is 0.395 e. The van der Waals surface area contributed by atoms with Crippen molar-refractivity contribution in [1.29, 1.82) is 0 Å². The first-order chi connectivity index (χ1) is 6.40. The normalized spacial score (nSPS) is 11.9. The van der Waals surface area contributed by atoms with Gasteiger partial charge in [-0.05, 0) is 27.6 Å². The van der Waals surface area contributed by atoms with Gasteiger partial charge in [0, 0.05) is 5.41 Å². The minimum atomic E-state index is -0.529. The average molecular weight is 282 g/mol. The zero-order valence-electron chi connectivity index (χ0n) is 7.94. The molecule has 1 nitrogen and oxygen atoms in total. The van der Waals surface area contributed by atoms with Crippen LogP contribution in [0.25, 0.3) is 0 Å². The summed E-state index contributed by atoms with van der Waals surface area (Å²) in [5, 5.41) is 9.21. The summed E-state index contributed by atoms with van der Waals surface area (Å²) in [5.74, 6) is -0.481. The van der Waals surface area contributed by atoms with Crippen molar-refractivity contribution in [3.8, 4) is 0 Å². The van der Waals surface area contributed by atoms with Crippen molar-refractivity contribution < 1.29 is 9.50 Å². The summed E-state index contributed by atoms with van der Waals surface area (Å²) in [7, 11) is 0. The summed E-state index contributed by atoms with van der Waals surface area (Å²) < 4.78 is 13.7. The standard InChI is InChI=1S/C10H11BrClFO/c1-10(2,5-14)6-3-4-7(11)9(13)8(6)12/h3-4,14H,5H2,1-2H3. The van der Waals surface area contributed by atoms with Crippen LogP contribution in [0.4, 0.5) is 4.39 Å².